The third kappa shape index (κ3) is 3.84. The number of thioether (sulfide) groups is 1. The molecule has 0 saturated heterocycles. The van der Waals surface area contributed by atoms with E-state index in [1.165, 1.54) is 22.9 Å². The monoisotopic (exact) mass is 399 g/mol. The number of nitrogens with zero attached hydrogens (tertiary/aromatic N) is 5. The van der Waals surface area contributed by atoms with E-state index in [1.54, 1.807) is 16.8 Å². The second-order valence-electron chi connectivity index (χ2n) is 6.39. The first-order chi connectivity index (χ1) is 13.1. The predicted molar refractivity (Wildman–Crippen MR) is 105 cm³/mol. The Kier molecular flexibility index (Phi) is 5.13. The second-order valence-corrected chi connectivity index (χ2v) is 8.14. The number of benzene rings is 2. The second kappa shape index (κ2) is 7.70. The van der Waals surface area contributed by atoms with Gasteiger partial charge in [-0.3, -0.25) is 4.79 Å². The Labute approximate surface area is 166 Å². The van der Waals surface area contributed by atoms with Crippen LogP contribution < -0.4 is 0 Å². The molecular formula is C19H18ClN5OS. The highest BCUT2D eigenvalue weighted by Gasteiger charge is 2.26. The smallest absolute Gasteiger partial charge is 0.236 e. The van der Waals surface area contributed by atoms with Gasteiger partial charge in [0.25, 0.3) is 0 Å². The molecule has 2 aromatic carbocycles. The number of rotatable bonds is 4. The van der Waals surface area contributed by atoms with E-state index in [4.69, 9.17) is 11.6 Å². The van der Waals surface area contributed by atoms with Gasteiger partial charge in [0, 0.05) is 18.1 Å². The zero-order valence-electron chi connectivity index (χ0n) is 14.7. The highest BCUT2D eigenvalue weighted by atomic mass is 35.5. The largest absolute Gasteiger partial charge is 0.337 e. The summed E-state index contributed by atoms with van der Waals surface area (Å²) in [5, 5.41) is 12.7. The summed E-state index contributed by atoms with van der Waals surface area (Å²) < 4.78 is 1.60. The van der Waals surface area contributed by atoms with Crippen molar-refractivity contribution in [3.63, 3.8) is 0 Å². The first-order valence-electron chi connectivity index (χ1n) is 8.68. The average molecular weight is 400 g/mol. The van der Waals surface area contributed by atoms with Crippen molar-refractivity contribution in [3.8, 4) is 5.69 Å². The summed E-state index contributed by atoms with van der Waals surface area (Å²) in [4.78, 5) is 14.9. The van der Waals surface area contributed by atoms with Crippen LogP contribution in [0.1, 0.15) is 18.1 Å². The van der Waals surface area contributed by atoms with Gasteiger partial charge >= 0.3 is 0 Å². The van der Waals surface area contributed by atoms with Crippen LogP contribution in [-0.4, -0.2) is 42.8 Å². The minimum Gasteiger partial charge on any atom is -0.337 e. The standard InChI is InChI=1S/C19H18ClN5OS/c1-13(18(26)24-10-9-14-5-2-3-6-15(14)12-24)27-19-21-22-23-25(19)17-8-4-7-16(20)11-17/h2-8,11,13H,9-10,12H2,1H3/t13-/m0/s1. The van der Waals surface area contributed by atoms with Gasteiger partial charge in [-0.2, -0.15) is 4.68 Å². The lowest BCUT2D eigenvalue weighted by Crippen LogP contribution is -2.40. The van der Waals surface area contributed by atoms with Crippen molar-refractivity contribution in [2.75, 3.05) is 6.54 Å². The van der Waals surface area contributed by atoms with Crippen LogP contribution in [0, 0.1) is 0 Å². The van der Waals surface area contributed by atoms with Gasteiger partial charge in [-0.1, -0.05) is 53.7 Å². The lowest BCUT2D eigenvalue weighted by Gasteiger charge is -2.30. The average Bonchev–Trinajstić information content (AvgIpc) is 3.15. The third-order valence-corrected chi connectivity index (χ3v) is 5.82. The number of halogens is 1. The van der Waals surface area contributed by atoms with E-state index in [1.807, 2.05) is 36.1 Å². The summed E-state index contributed by atoms with van der Waals surface area (Å²) in [5.74, 6) is 0.0927. The Morgan fingerprint density at radius 1 is 1.19 bits per heavy atom. The minimum absolute atomic E-state index is 0.0927. The Bertz CT molecular complexity index is 976. The van der Waals surface area contributed by atoms with Crippen LogP contribution in [-0.2, 0) is 17.8 Å². The van der Waals surface area contributed by atoms with E-state index in [-0.39, 0.29) is 11.2 Å². The summed E-state index contributed by atoms with van der Waals surface area (Å²) >= 11 is 7.42. The molecule has 1 amide bonds. The Morgan fingerprint density at radius 3 is 2.81 bits per heavy atom. The van der Waals surface area contributed by atoms with E-state index < -0.39 is 0 Å². The van der Waals surface area contributed by atoms with Gasteiger partial charge in [-0.05, 0) is 53.1 Å². The maximum absolute atomic E-state index is 12.9. The molecule has 0 spiro atoms. The van der Waals surface area contributed by atoms with Crippen LogP contribution in [0.3, 0.4) is 0 Å². The Hall–Kier alpha value is -2.38. The number of fused-ring (bicyclic) bond motifs is 1. The zero-order chi connectivity index (χ0) is 18.8. The molecular weight excluding hydrogens is 382 g/mol. The molecule has 1 aromatic heterocycles. The molecule has 3 aromatic rings. The van der Waals surface area contributed by atoms with Gasteiger partial charge in [-0.15, -0.1) is 5.10 Å². The number of carbonyl (C=O) groups is 1. The number of carbonyl (C=O) groups excluding carboxylic acids is 1. The van der Waals surface area contributed by atoms with Crippen molar-refractivity contribution in [2.45, 2.75) is 30.3 Å². The fourth-order valence-corrected chi connectivity index (χ4v) is 4.25. The van der Waals surface area contributed by atoms with E-state index in [9.17, 15) is 4.79 Å². The van der Waals surface area contributed by atoms with Crippen LogP contribution in [0.25, 0.3) is 5.69 Å². The van der Waals surface area contributed by atoms with Crippen molar-refractivity contribution in [1.29, 1.82) is 0 Å². The number of amides is 1. The highest BCUT2D eigenvalue weighted by Crippen LogP contribution is 2.27. The van der Waals surface area contributed by atoms with Gasteiger partial charge in [0.05, 0.1) is 10.9 Å². The molecule has 0 N–H and O–H groups in total. The summed E-state index contributed by atoms with van der Waals surface area (Å²) in [6.45, 7) is 3.28. The third-order valence-electron chi connectivity index (χ3n) is 4.57. The van der Waals surface area contributed by atoms with E-state index >= 15 is 0 Å². The molecule has 6 nitrogen and oxygen atoms in total. The van der Waals surface area contributed by atoms with Crippen LogP contribution in [0.2, 0.25) is 5.02 Å². The number of aromatic nitrogens is 4. The molecule has 4 rings (SSSR count). The predicted octanol–water partition coefficient (Wildman–Crippen LogP) is 3.38. The van der Waals surface area contributed by atoms with E-state index in [0.29, 0.717) is 16.7 Å². The van der Waals surface area contributed by atoms with Crippen molar-refractivity contribution >= 4 is 29.3 Å². The van der Waals surface area contributed by atoms with Gasteiger partial charge in [0.15, 0.2) is 0 Å². The highest BCUT2D eigenvalue weighted by molar-refractivity contribution is 8.00. The molecule has 1 atom stereocenters. The summed E-state index contributed by atoms with van der Waals surface area (Å²) in [6.07, 6.45) is 0.888. The number of hydrogen-bond donors (Lipinski definition) is 0. The Morgan fingerprint density at radius 2 is 2.00 bits per heavy atom. The normalized spacial score (nSPS) is 14.7. The molecule has 1 aliphatic heterocycles. The molecule has 1 aliphatic rings. The topological polar surface area (TPSA) is 63.9 Å². The molecule has 0 radical (unpaired) electrons. The Balaban J connectivity index is 1.48. The quantitative estimate of drug-likeness (QED) is 0.629. The molecule has 0 bridgehead atoms. The maximum Gasteiger partial charge on any atom is 0.236 e. The van der Waals surface area contributed by atoms with Crippen LogP contribution >= 0.6 is 23.4 Å². The fourth-order valence-electron chi connectivity index (χ4n) is 3.17. The van der Waals surface area contributed by atoms with E-state index in [2.05, 4.69) is 27.7 Å². The number of hydrogen-bond acceptors (Lipinski definition) is 5. The first kappa shape index (κ1) is 18.0. The lowest BCUT2D eigenvalue weighted by atomic mass is 10.00. The molecule has 27 heavy (non-hydrogen) atoms. The van der Waals surface area contributed by atoms with Crippen molar-refractivity contribution in [2.24, 2.45) is 0 Å². The zero-order valence-corrected chi connectivity index (χ0v) is 16.3. The maximum atomic E-state index is 12.9. The molecule has 0 saturated carbocycles. The van der Waals surface area contributed by atoms with Crippen molar-refractivity contribution in [1.82, 2.24) is 25.1 Å². The number of tetrazole rings is 1. The van der Waals surface area contributed by atoms with Crippen LogP contribution in [0.4, 0.5) is 0 Å². The van der Waals surface area contributed by atoms with Crippen molar-refractivity contribution in [3.05, 3.63) is 64.7 Å². The van der Waals surface area contributed by atoms with E-state index in [0.717, 1.165) is 18.7 Å². The van der Waals surface area contributed by atoms with Crippen LogP contribution in [0.5, 0.6) is 0 Å². The SMILES string of the molecule is C[C@H](Sc1nnnn1-c1cccc(Cl)c1)C(=O)N1CCc2ccccc2C1. The van der Waals surface area contributed by atoms with Crippen LogP contribution in [0.15, 0.2) is 53.7 Å². The molecule has 8 heteroatoms. The lowest BCUT2D eigenvalue weighted by molar-refractivity contribution is -0.131. The fraction of sp³-hybridized carbons (Fsp3) is 0.263. The summed E-state index contributed by atoms with van der Waals surface area (Å²) in [5.41, 5.74) is 3.31. The van der Waals surface area contributed by atoms with Crippen molar-refractivity contribution < 1.29 is 4.79 Å². The molecule has 0 aliphatic carbocycles. The van der Waals surface area contributed by atoms with Gasteiger partial charge in [0.1, 0.15) is 0 Å². The van der Waals surface area contributed by atoms with Gasteiger partial charge in [0.2, 0.25) is 11.1 Å². The molecule has 0 fully saturated rings. The summed E-state index contributed by atoms with van der Waals surface area (Å²) in [6, 6.07) is 15.6. The van der Waals surface area contributed by atoms with Gasteiger partial charge in [-0.25, -0.2) is 0 Å². The first-order valence-corrected chi connectivity index (χ1v) is 9.94. The van der Waals surface area contributed by atoms with Gasteiger partial charge < -0.3 is 4.90 Å². The molecule has 138 valence electrons. The molecule has 0 unspecified atom stereocenters. The summed E-state index contributed by atoms with van der Waals surface area (Å²) in [7, 11) is 0. The minimum atomic E-state index is -0.292. The molecule has 2 heterocycles.